The van der Waals surface area contributed by atoms with Crippen molar-refractivity contribution >= 4 is 17.5 Å². The van der Waals surface area contributed by atoms with Gasteiger partial charge >= 0.3 is 6.03 Å². The summed E-state index contributed by atoms with van der Waals surface area (Å²) in [7, 11) is 1.95. The molecule has 0 bridgehead atoms. The summed E-state index contributed by atoms with van der Waals surface area (Å²) in [4.78, 5) is 17.1. The highest BCUT2D eigenvalue weighted by molar-refractivity contribution is 5.88. The number of nitrogens with two attached hydrogens (primary N) is 1. The maximum atomic E-state index is 10.8. The molecule has 0 radical (unpaired) electrons. The van der Waals surface area contributed by atoms with E-state index < -0.39 is 6.03 Å². The average Bonchev–Trinajstić information content (AvgIpc) is 2.39. The fourth-order valence-corrected chi connectivity index (χ4v) is 1.79. The predicted octanol–water partition coefficient (Wildman–Crippen LogP) is 2.21. The number of amides is 2. The van der Waals surface area contributed by atoms with Gasteiger partial charge < -0.3 is 16.0 Å². The van der Waals surface area contributed by atoms with Gasteiger partial charge in [0.1, 0.15) is 5.82 Å². The molecular weight excluding hydrogens is 240 g/mol. The minimum Gasteiger partial charge on any atom is -0.355 e. The summed E-state index contributed by atoms with van der Waals surface area (Å²) in [5.41, 5.74) is 6.92. The molecule has 3 N–H and O–H groups in total. The zero-order valence-electron chi connectivity index (χ0n) is 10.7. The van der Waals surface area contributed by atoms with Crippen LogP contribution in [0.5, 0.6) is 0 Å². The highest BCUT2D eigenvalue weighted by Crippen LogP contribution is 2.17. The summed E-state index contributed by atoms with van der Waals surface area (Å²) in [6.07, 6.45) is 1.64. The molecule has 5 nitrogen and oxygen atoms in total. The molecule has 0 unspecified atom stereocenters. The molecule has 2 aromatic rings. The molecule has 19 heavy (non-hydrogen) atoms. The fourth-order valence-electron chi connectivity index (χ4n) is 1.79. The number of nitrogens with zero attached hydrogens (tertiary/aromatic N) is 2. The molecule has 1 aromatic heterocycles. The van der Waals surface area contributed by atoms with Crippen LogP contribution >= 0.6 is 0 Å². The summed E-state index contributed by atoms with van der Waals surface area (Å²) in [5.74, 6) is 0.773. The van der Waals surface area contributed by atoms with Gasteiger partial charge in [-0.3, -0.25) is 0 Å². The van der Waals surface area contributed by atoms with Crippen molar-refractivity contribution < 1.29 is 4.79 Å². The summed E-state index contributed by atoms with van der Waals surface area (Å²) in [6, 6.07) is 13.0. The molecule has 0 aliphatic heterocycles. The van der Waals surface area contributed by atoms with Crippen molar-refractivity contribution in [1.29, 1.82) is 0 Å². The Kier molecular flexibility index (Phi) is 3.97. The van der Waals surface area contributed by atoms with Gasteiger partial charge in [-0.15, -0.1) is 0 Å². The van der Waals surface area contributed by atoms with E-state index in [0.717, 1.165) is 12.4 Å². The van der Waals surface area contributed by atoms with Crippen molar-refractivity contribution in [3.05, 3.63) is 54.2 Å². The van der Waals surface area contributed by atoms with E-state index in [1.807, 2.05) is 30.1 Å². The van der Waals surface area contributed by atoms with Crippen molar-refractivity contribution in [2.24, 2.45) is 5.73 Å². The number of aromatic nitrogens is 1. The van der Waals surface area contributed by atoms with Gasteiger partial charge in [0.25, 0.3) is 0 Å². The van der Waals surface area contributed by atoms with Gasteiger partial charge in [-0.25, -0.2) is 9.78 Å². The first kappa shape index (κ1) is 12.9. The second-order valence-corrected chi connectivity index (χ2v) is 4.23. The smallest absolute Gasteiger partial charge is 0.316 e. The highest BCUT2D eigenvalue weighted by atomic mass is 16.2. The Hall–Kier alpha value is -2.56. The molecule has 98 valence electrons. The molecule has 1 heterocycles. The number of hydrogen-bond acceptors (Lipinski definition) is 3. The van der Waals surface area contributed by atoms with E-state index >= 15 is 0 Å². The van der Waals surface area contributed by atoms with Crippen LogP contribution in [0.15, 0.2) is 48.7 Å². The average molecular weight is 256 g/mol. The van der Waals surface area contributed by atoms with Gasteiger partial charge in [-0.2, -0.15) is 0 Å². The number of rotatable bonds is 4. The van der Waals surface area contributed by atoms with Gasteiger partial charge in [-0.1, -0.05) is 30.3 Å². The number of primary amides is 1. The first-order valence-electron chi connectivity index (χ1n) is 5.93. The van der Waals surface area contributed by atoms with E-state index in [9.17, 15) is 4.79 Å². The highest BCUT2D eigenvalue weighted by Gasteiger charge is 2.05. The van der Waals surface area contributed by atoms with E-state index in [2.05, 4.69) is 22.4 Å². The van der Waals surface area contributed by atoms with Crippen LogP contribution in [0.4, 0.5) is 16.3 Å². The van der Waals surface area contributed by atoms with Crippen LogP contribution in [0, 0.1) is 0 Å². The van der Waals surface area contributed by atoms with Crippen LogP contribution in [0.1, 0.15) is 5.56 Å². The van der Waals surface area contributed by atoms with Crippen molar-refractivity contribution in [3.8, 4) is 0 Å². The lowest BCUT2D eigenvalue weighted by atomic mass is 10.2. The van der Waals surface area contributed by atoms with Crippen molar-refractivity contribution in [2.75, 3.05) is 17.3 Å². The van der Waals surface area contributed by atoms with E-state index in [4.69, 9.17) is 5.73 Å². The zero-order chi connectivity index (χ0) is 13.7. The molecule has 2 rings (SSSR count). The number of carbonyl (C=O) groups is 1. The van der Waals surface area contributed by atoms with E-state index in [1.165, 1.54) is 5.56 Å². The second-order valence-electron chi connectivity index (χ2n) is 4.23. The summed E-state index contributed by atoms with van der Waals surface area (Å²) in [6.45, 7) is 0.744. The third kappa shape index (κ3) is 3.70. The second kappa shape index (κ2) is 5.86. The summed E-state index contributed by atoms with van der Waals surface area (Å²) in [5, 5.41) is 2.54. The Balaban J connectivity index is 2.10. The third-order valence-corrected chi connectivity index (χ3v) is 2.67. The Morgan fingerprint density at radius 3 is 2.74 bits per heavy atom. The number of hydrogen-bond donors (Lipinski definition) is 2. The zero-order valence-corrected chi connectivity index (χ0v) is 10.7. The Bertz CT molecular complexity index is 556. The maximum absolute atomic E-state index is 10.8. The Morgan fingerprint density at radius 2 is 2.05 bits per heavy atom. The molecule has 0 saturated carbocycles. The topological polar surface area (TPSA) is 71.2 Å². The third-order valence-electron chi connectivity index (χ3n) is 2.67. The van der Waals surface area contributed by atoms with Crippen molar-refractivity contribution in [2.45, 2.75) is 6.54 Å². The quantitative estimate of drug-likeness (QED) is 0.881. The van der Waals surface area contributed by atoms with E-state index in [-0.39, 0.29) is 0 Å². The number of urea groups is 1. The first-order valence-corrected chi connectivity index (χ1v) is 5.93. The number of benzene rings is 1. The molecule has 0 atom stereocenters. The molecule has 0 spiro atoms. The fraction of sp³-hybridized carbons (Fsp3) is 0.143. The summed E-state index contributed by atoms with van der Waals surface area (Å²) >= 11 is 0. The number of nitrogens with one attached hydrogen (secondary N) is 1. The van der Waals surface area contributed by atoms with Crippen LogP contribution in [0.2, 0.25) is 0 Å². The molecule has 5 heteroatoms. The minimum atomic E-state index is -0.581. The van der Waals surface area contributed by atoms with E-state index in [0.29, 0.717) is 5.69 Å². The number of pyridine rings is 1. The normalized spacial score (nSPS) is 9.95. The molecule has 0 saturated heterocycles. The molecule has 0 fully saturated rings. The largest absolute Gasteiger partial charge is 0.355 e. The molecular formula is C14H16N4O. The standard InChI is InChI=1S/C14H16N4O/c1-18(10-11-5-3-2-4-6-11)13-9-12(7-8-16-13)17-14(15)19/h2-9H,10H2,1H3,(H3,15,16,17,19). The van der Waals surface area contributed by atoms with Crippen molar-refractivity contribution in [1.82, 2.24) is 4.98 Å². The number of anilines is 2. The Labute approximate surface area is 112 Å². The first-order chi connectivity index (χ1) is 9.15. The van der Waals surface area contributed by atoms with Crippen LogP contribution in [0.25, 0.3) is 0 Å². The molecule has 0 aliphatic rings. The lowest BCUT2D eigenvalue weighted by molar-refractivity contribution is 0.259. The van der Waals surface area contributed by atoms with Crippen LogP contribution in [-0.4, -0.2) is 18.1 Å². The van der Waals surface area contributed by atoms with Gasteiger partial charge in [0.15, 0.2) is 0 Å². The summed E-state index contributed by atoms with van der Waals surface area (Å²) < 4.78 is 0. The van der Waals surface area contributed by atoms with Crippen molar-refractivity contribution in [3.63, 3.8) is 0 Å². The van der Waals surface area contributed by atoms with Gasteiger partial charge in [-0.05, 0) is 11.6 Å². The van der Waals surface area contributed by atoms with Gasteiger partial charge in [0.2, 0.25) is 0 Å². The van der Waals surface area contributed by atoms with Gasteiger partial charge in [0.05, 0.1) is 0 Å². The van der Waals surface area contributed by atoms with E-state index in [1.54, 1.807) is 18.3 Å². The molecule has 1 aromatic carbocycles. The SMILES string of the molecule is CN(Cc1ccccc1)c1cc(NC(N)=O)ccn1. The lowest BCUT2D eigenvalue weighted by Gasteiger charge is -2.18. The maximum Gasteiger partial charge on any atom is 0.316 e. The number of carbonyl (C=O) groups excluding carboxylic acids is 1. The van der Waals surface area contributed by atoms with Gasteiger partial charge in [0, 0.05) is 31.5 Å². The van der Waals surface area contributed by atoms with Crippen LogP contribution < -0.4 is 16.0 Å². The molecule has 0 aliphatic carbocycles. The monoisotopic (exact) mass is 256 g/mol. The molecule has 2 amide bonds. The minimum absolute atomic E-state index is 0.581. The lowest BCUT2D eigenvalue weighted by Crippen LogP contribution is -2.21. The van der Waals surface area contributed by atoms with Crippen LogP contribution in [0.3, 0.4) is 0 Å². The predicted molar refractivity (Wildman–Crippen MR) is 76.0 cm³/mol. The van der Waals surface area contributed by atoms with Crippen LogP contribution in [-0.2, 0) is 6.54 Å². The Morgan fingerprint density at radius 1 is 1.32 bits per heavy atom.